The largest absolute Gasteiger partial charge is 0.497 e. The second-order valence-electron chi connectivity index (χ2n) is 4.84. The number of imidazole rings is 1. The van der Waals surface area contributed by atoms with Crippen molar-refractivity contribution in [1.82, 2.24) is 19.8 Å². The number of aromatic nitrogens is 2. The molecule has 0 fully saturated rings. The van der Waals surface area contributed by atoms with Crippen LogP contribution in [-0.2, 0) is 4.79 Å². The minimum Gasteiger partial charge on any atom is -0.497 e. The number of carbonyl (C=O) groups excluding carboxylic acids is 2. The second kappa shape index (κ2) is 6.75. The maximum absolute atomic E-state index is 11.9. The number of amides is 2. The predicted molar refractivity (Wildman–Crippen MR) is 81.1 cm³/mol. The van der Waals surface area contributed by atoms with Gasteiger partial charge in [-0.2, -0.15) is 0 Å². The standard InChI is InChI=1S/C15H18N4O3/c1-18(2)14(20)8-16-15(21)13-9-19(10-17-13)11-4-6-12(22-3)7-5-11/h4-7,9-10H,8H2,1-3H3,(H,16,21). The number of hydrogen-bond acceptors (Lipinski definition) is 4. The molecule has 0 aliphatic rings. The van der Waals surface area contributed by atoms with E-state index in [9.17, 15) is 9.59 Å². The van der Waals surface area contributed by atoms with Gasteiger partial charge in [0.15, 0.2) is 0 Å². The Balaban J connectivity index is 2.03. The Labute approximate surface area is 128 Å². The fourth-order valence-corrected chi connectivity index (χ4v) is 1.74. The second-order valence-corrected chi connectivity index (χ2v) is 4.84. The summed E-state index contributed by atoms with van der Waals surface area (Å²) in [5.41, 5.74) is 1.11. The fourth-order valence-electron chi connectivity index (χ4n) is 1.74. The van der Waals surface area contributed by atoms with Crippen LogP contribution >= 0.6 is 0 Å². The molecule has 0 bridgehead atoms. The lowest BCUT2D eigenvalue weighted by Gasteiger charge is -2.10. The van der Waals surface area contributed by atoms with E-state index in [0.717, 1.165) is 11.4 Å². The first-order valence-corrected chi connectivity index (χ1v) is 6.68. The number of carbonyl (C=O) groups is 2. The summed E-state index contributed by atoms with van der Waals surface area (Å²) in [7, 11) is 4.86. The van der Waals surface area contributed by atoms with Crippen molar-refractivity contribution in [1.29, 1.82) is 0 Å². The third kappa shape index (κ3) is 3.63. The molecule has 1 aromatic heterocycles. The maximum atomic E-state index is 11.9. The van der Waals surface area contributed by atoms with Gasteiger partial charge in [0.25, 0.3) is 5.91 Å². The van der Waals surface area contributed by atoms with Crippen molar-refractivity contribution in [2.75, 3.05) is 27.7 Å². The van der Waals surface area contributed by atoms with Crippen molar-refractivity contribution < 1.29 is 14.3 Å². The number of rotatable bonds is 5. The van der Waals surface area contributed by atoms with Gasteiger partial charge in [-0.15, -0.1) is 0 Å². The molecule has 116 valence electrons. The lowest BCUT2D eigenvalue weighted by molar-refractivity contribution is -0.127. The molecular formula is C15H18N4O3. The number of benzene rings is 1. The number of nitrogens with zero attached hydrogens (tertiary/aromatic N) is 3. The molecule has 1 N–H and O–H groups in total. The van der Waals surface area contributed by atoms with Crippen LogP contribution in [-0.4, -0.2) is 54.0 Å². The Morgan fingerprint density at radius 1 is 1.27 bits per heavy atom. The summed E-state index contributed by atoms with van der Waals surface area (Å²) in [5, 5.41) is 2.54. The van der Waals surface area contributed by atoms with Crippen LogP contribution in [0.2, 0.25) is 0 Å². The number of likely N-dealkylation sites (N-methyl/N-ethyl adjacent to an activating group) is 1. The van der Waals surface area contributed by atoms with Gasteiger partial charge in [-0.05, 0) is 24.3 Å². The zero-order valence-electron chi connectivity index (χ0n) is 12.7. The molecule has 2 rings (SSSR count). The van der Waals surface area contributed by atoms with Gasteiger partial charge in [-0.25, -0.2) is 4.98 Å². The Bertz CT molecular complexity index is 662. The number of ether oxygens (including phenoxy) is 1. The van der Waals surface area contributed by atoms with Gasteiger partial charge in [0.2, 0.25) is 5.91 Å². The van der Waals surface area contributed by atoms with Gasteiger partial charge in [-0.3, -0.25) is 9.59 Å². The first-order valence-electron chi connectivity index (χ1n) is 6.68. The highest BCUT2D eigenvalue weighted by Gasteiger charge is 2.12. The van der Waals surface area contributed by atoms with Crippen LogP contribution in [0.1, 0.15) is 10.5 Å². The summed E-state index contributed by atoms with van der Waals surface area (Å²) in [6.07, 6.45) is 3.15. The van der Waals surface area contributed by atoms with Crippen LogP contribution < -0.4 is 10.1 Å². The maximum Gasteiger partial charge on any atom is 0.271 e. The Morgan fingerprint density at radius 3 is 2.55 bits per heavy atom. The molecule has 0 saturated heterocycles. The lowest BCUT2D eigenvalue weighted by atomic mass is 10.3. The van der Waals surface area contributed by atoms with E-state index in [1.807, 2.05) is 24.3 Å². The molecule has 7 nitrogen and oxygen atoms in total. The van der Waals surface area contributed by atoms with Gasteiger partial charge in [0.05, 0.1) is 13.7 Å². The summed E-state index contributed by atoms with van der Waals surface area (Å²) < 4.78 is 6.82. The van der Waals surface area contributed by atoms with Crippen molar-refractivity contribution in [3.63, 3.8) is 0 Å². The molecule has 7 heteroatoms. The molecule has 0 aliphatic heterocycles. The zero-order chi connectivity index (χ0) is 16.1. The van der Waals surface area contributed by atoms with Crippen LogP contribution in [0.15, 0.2) is 36.8 Å². The average molecular weight is 302 g/mol. The van der Waals surface area contributed by atoms with Crippen LogP contribution in [0.4, 0.5) is 0 Å². The van der Waals surface area contributed by atoms with E-state index in [1.54, 1.807) is 38.3 Å². The van der Waals surface area contributed by atoms with Crippen LogP contribution in [0.5, 0.6) is 5.75 Å². The van der Waals surface area contributed by atoms with Crippen molar-refractivity contribution >= 4 is 11.8 Å². The monoisotopic (exact) mass is 302 g/mol. The van der Waals surface area contributed by atoms with Crippen molar-refractivity contribution in [3.05, 3.63) is 42.5 Å². The highest BCUT2D eigenvalue weighted by atomic mass is 16.5. The number of methoxy groups -OCH3 is 1. The highest BCUT2D eigenvalue weighted by Crippen LogP contribution is 2.15. The lowest BCUT2D eigenvalue weighted by Crippen LogP contribution is -2.36. The molecule has 0 atom stereocenters. The van der Waals surface area contributed by atoms with Gasteiger partial charge >= 0.3 is 0 Å². The van der Waals surface area contributed by atoms with E-state index in [0.29, 0.717) is 0 Å². The van der Waals surface area contributed by atoms with E-state index in [1.165, 1.54) is 4.90 Å². The van der Waals surface area contributed by atoms with Gasteiger partial charge < -0.3 is 19.5 Å². The first-order chi connectivity index (χ1) is 10.5. The minimum atomic E-state index is -0.387. The first kappa shape index (κ1) is 15.6. The summed E-state index contributed by atoms with van der Waals surface area (Å²) in [5.74, 6) is 0.189. The molecule has 0 spiro atoms. The highest BCUT2D eigenvalue weighted by molar-refractivity contribution is 5.94. The molecule has 0 radical (unpaired) electrons. The van der Waals surface area contributed by atoms with Crippen molar-refractivity contribution in [2.45, 2.75) is 0 Å². The third-order valence-corrected chi connectivity index (χ3v) is 3.08. The van der Waals surface area contributed by atoms with Crippen molar-refractivity contribution in [2.24, 2.45) is 0 Å². The normalized spacial score (nSPS) is 10.1. The van der Waals surface area contributed by atoms with Crippen LogP contribution in [0.3, 0.4) is 0 Å². The summed E-state index contributed by atoms with van der Waals surface area (Å²) >= 11 is 0. The molecule has 2 amide bonds. The molecule has 0 unspecified atom stereocenters. The summed E-state index contributed by atoms with van der Waals surface area (Å²) in [6.45, 7) is -0.0543. The molecule has 0 saturated carbocycles. The quantitative estimate of drug-likeness (QED) is 0.882. The zero-order valence-corrected chi connectivity index (χ0v) is 12.7. The Morgan fingerprint density at radius 2 is 1.95 bits per heavy atom. The predicted octanol–water partition coefficient (Wildman–Crippen LogP) is 0.699. The molecule has 22 heavy (non-hydrogen) atoms. The molecule has 0 aliphatic carbocycles. The molecular weight excluding hydrogens is 284 g/mol. The Kier molecular flexibility index (Phi) is 4.77. The van der Waals surface area contributed by atoms with Crippen LogP contribution in [0, 0.1) is 0 Å². The van der Waals surface area contributed by atoms with Gasteiger partial charge in [0, 0.05) is 26.0 Å². The van der Waals surface area contributed by atoms with E-state index in [2.05, 4.69) is 10.3 Å². The minimum absolute atomic E-state index is 0.0543. The average Bonchev–Trinajstić information content (AvgIpc) is 3.02. The van der Waals surface area contributed by atoms with Crippen molar-refractivity contribution in [3.8, 4) is 11.4 Å². The third-order valence-electron chi connectivity index (χ3n) is 3.08. The fraction of sp³-hybridized carbons (Fsp3) is 0.267. The molecule has 1 heterocycles. The van der Waals surface area contributed by atoms with E-state index >= 15 is 0 Å². The van der Waals surface area contributed by atoms with E-state index < -0.39 is 0 Å². The van der Waals surface area contributed by atoms with E-state index in [-0.39, 0.29) is 24.1 Å². The van der Waals surface area contributed by atoms with Gasteiger partial charge in [0.1, 0.15) is 17.8 Å². The summed E-state index contributed by atoms with van der Waals surface area (Å²) in [6, 6.07) is 7.37. The van der Waals surface area contributed by atoms with Gasteiger partial charge in [-0.1, -0.05) is 0 Å². The van der Waals surface area contributed by atoms with E-state index in [4.69, 9.17) is 4.74 Å². The topological polar surface area (TPSA) is 76.5 Å². The molecule has 2 aromatic rings. The SMILES string of the molecule is COc1ccc(-n2cnc(C(=O)NCC(=O)N(C)C)c2)cc1. The molecule has 1 aromatic carbocycles. The summed E-state index contributed by atoms with van der Waals surface area (Å²) in [4.78, 5) is 28.8. The number of hydrogen-bond donors (Lipinski definition) is 1. The van der Waals surface area contributed by atoms with Crippen LogP contribution in [0.25, 0.3) is 5.69 Å². The number of nitrogens with one attached hydrogen (secondary N) is 1. The smallest absolute Gasteiger partial charge is 0.271 e. The Hall–Kier alpha value is -2.83.